The minimum Gasteiger partial charge on any atom is -0.444 e. The van der Waals surface area contributed by atoms with Crippen molar-refractivity contribution >= 4 is 35.3 Å². The van der Waals surface area contributed by atoms with Crippen LogP contribution in [-0.4, -0.2) is 35.0 Å². The molecule has 0 radical (unpaired) electrons. The molecule has 0 unspecified atom stereocenters. The zero-order valence-electron chi connectivity index (χ0n) is 17.0. The maximum absolute atomic E-state index is 12.2. The summed E-state index contributed by atoms with van der Waals surface area (Å²) in [6.07, 6.45) is 1.12. The minimum absolute atomic E-state index is 0.426. The van der Waals surface area contributed by atoms with Gasteiger partial charge in [-0.3, -0.25) is 5.32 Å². The van der Waals surface area contributed by atoms with Gasteiger partial charge in [-0.05, 0) is 65.4 Å². The van der Waals surface area contributed by atoms with Gasteiger partial charge >= 0.3 is 13.2 Å². The predicted molar refractivity (Wildman–Crippen MR) is 107 cm³/mol. The molecule has 7 heteroatoms. The van der Waals surface area contributed by atoms with Crippen LogP contribution in [0.15, 0.2) is 30.5 Å². The highest BCUT2D eigenvalue weighted by atomic mass is 16.7. The summed E-state index contributed by atoms with van der Waals surface area (Å²) in [5.41, 5.74) is -0.530. The standard InChI is InChI=1S/C20H27BN2O4/c1-18(2,3)25-17(24)23-16-14-9-8-10-15(13(14)11-12-22-16)21-26-19(4,5)20(6,7)27-21/h8-12H,1-7H3,(H,22,23,24). The number of fused-ring (bicyclic) bond motifs is 1. The van der Waals surface area contributed by atoms with E-state index in [1.54, 1.807) is 6.20 Å². The number of carbonyl (C=O) groups is 1. The molecule has 144 valence electrons. The molecule has 1 aromatic carbocycles. The first-order chi connectivity index (χ1) is 12.4. The van der Waals surface area contributed by atoms with Gasteiger partial charge in [-0.1, -0.05) is 18.2 Å². The summed E-state index contributed by atoms with van der Waals surface area (Å²) in [7, 11) is -0.490. The largest absolute Gasteiger partial charge is 0.495 e. The molecule has 1 saturated heterocycles. The molecule has 3 rings (SSSR count). The second kappa shape index (κ2) is 6.50. The van der Waals surface area contributed by atoms with Crippen LogP contribution in [0.5, 0.6) is 0 Å². The fourth-order valence-corrected chi connectivity index (χ4v) is 2.91. The van der Waals surface area contributed by atoms with Gasteiger partial charge in [0.25, 0.3) is 0 Å². The van der Waals surface area contributed by atoms with Gasteiger partial charge < -0.3 is 14.0 Å². The molecule has 1 aliphatic heterocycles. The van der Waals surface area contributed by atoms with Crippen LogP contribution in [0.3, 0.4) is 0 Å². The molecule has 1 amide bonds. The third kappa shape index (κ3) is 3.94. The molecule has 0 bridgehead atoms. The van der Waals surface area contributed by atoms with Crippen molar-refractivity contribution in [3.8, 4) is 0 Å². The van der Waals surface area contributed by atoms with Crippen LogP contribution >= 0.6 is 0 Å². The van der Waals surface area contributed by atoms with Crippen LogP contribution < -0.4 is 10.8 Å². The Balaban J connectivity index is 1.96. The number of nitrogens with one attached hydrogen (secondary N) is 1. The lowest BCUT2D eigenvalue weighted by Gasteiger charge is -2.32. The van der Waals surface area contributed by atoms with Gasteiger partial charge in [-0.25, -0.2) is 9.78 Å². The molecule has 0 spiro atoms. The third-order valence-electron chi connectivity index (χ3n) is 4.97. The number of nitrogens with zero attached hydrogens (tertiary/aromatic N) is 1. The van der Waals surface area contributed by atoms with E-state index in [-0.39, 0.29) is 0 Å². The minimum atomic E-state index is -0.581. The monoisotopic (exact) mass is 370 g/mol. The molecule has 1 aromatic heterocycles. The summed E-state index contributed by atoms with van der Waals surface area (Å²) in [4.78, 5) is 16.5. The normalized spacial score (nSPS) is 18.6. The average molecular weight is 370 g/mol. The SMILES string of the molecule is CC(C)(C)OC(=O)Nc1nccc2c(B3OC(C)(C)C(C)(C)O3)cccc12. The Morgan fingerprint density at radius 3 is 2.30 bits per heavy atom. The lowest BCUT2D eigenvalue weighted by molar-refractivity contribution is 0.00578. The van der Waals surface area contributed by atoms with Crippen LogP contribution in [0.25, 0.3) is 10.8 Å². The summed E-state index contributed by atoms with van der Waals surface area (Å²) in [6, 6.07) is 7.69. The van der Waals surface area contributed by atoms with Gasteiger partial charge in [-0.2, -0.15) is 0 Å². The molecule has 2 aromatic rings. The zero-order chi connectivity index (χ0) is 20.0. The van der Waals surface area contributed by atoms with Crippen molar-refractivity contribution in [2.75, 3.05) is 5.32 Å². The highest BCUT2D eigenvalue weighted by Gasteiger charge is 2.52. The first kappa shape index (κ1) is 19.6. The molecule has 1 N–H and O–H groups in total. The first-order valence-corrected chi connectivity index (χ1v) is 9.13. The van der Waals surface area contributed by atoms with Crippen LogP contribution in [0, 0.1) is 0 Å². The van der Waals surface area contributed by atoms with Crippen molar-refractivity contribution in [3.63, 3.8) is 0 Å². The number of carbonyl (C=O) groups excluding carboxylic acids is 1. The second-order valence-electron chi connectivity index (χ2n) is 8.82. The number of aromatic nitrogens is 1. The summed E-state index contributed by atoms with van der Waals surface area (Å²) in [5.74, 6) is 0.445. The number of amides is 1. The molecular formula is C20H27BN2O4. The van der Waals surface area contributed by atoms with Crippen LogP contribution in [0.2, 0.25) is 0 Å². The Morgan fingerprint density at radius 2 is 1.70 bits per heavy atom. The Kier molecular flexibility index (Phi) is 4.72. The lowest BCUT2D eigenvalue weighted by atomic mass is 9.76. The van der Waals surface area contributed by atoms with E-state index in [1.165, 1.54) is 0 Å². The molecule has 1 fully saturated rings. The number of hydrogen-bond donors (Lipinski definition) is 1. The van der Waals surface area contributed by atoms with Crippen LogP contribution in [0.1, 0.15) is 48.5 Å². The van der Waals surface area contributed by atoms with E-state index in [9.17, 15) is 4.79 Å². The number of rotatable bonds is 2. The highest BCUT2D eigenvalue weighted by Crippen LogP contribution is 2.37. The second-order valence-corrected chi connectivity index (χ2v) is 8.82. The molecule has 27 heavy (non-hydrogen) atoms. The van der Waals surface area contributed by atoms with Gasteiger partial charge in [-0.15, -0.1) is 0 Å². The topological polar surface area (TPSA) is 69.7 Å². The van der Waals surface area contributed by atoms with Crippen molar-refractivity contribution in [2.45, 2.75) is 65.3 Å². The summed E-state index contributed by atoms with van der Waals surface area (Å²) in [5, 5.41) is 4.45. The molecular weight excluding hydrogens is 343 g/mol. The van der Waals surface area contributed by atoms with Crippen molar-refractivity contribution in [3.05, 3.63) is 30.5 Å². The van der Waals surface area contributed by atoms with Crippen molar-refractivity contribution < 1.29 is 18.8 Å². The molecule has 6 nitrogen and oxygen atoms in total. The Labute approximate surface area is 160 Å². The van der Waals surface area contributed by atoms with E-state index < -0.39 is 30.0 Å². The molecule has 0 saturated carbocycles. The van der Waals surface area contributed by atoms with Gasteiger partial charge in [0.05, 0.1) is 11.2 Å². The van der Waals surface area contributed by atoms with Crippen molar-refractivity contribution in [1.82, 2.24) is 4.98 Å². The van der Waals surface area contributed by atoms with Gasteiger partial charge in [0, 0.05) is 11.6 Å². The fourth-order valence-electron chi connectivity index (χ4n) is 2.91. The fraction of sp³-hybridized carbons (Fsp3) is 0.500. The highest BCUT2D eigenvalue weighted by molar-refractivity contribution is 6.65. The Bertz CT molecular complexity index is 858. The number of ether oxygens (including phenoxy) is 1. The zero-order valence-corrected chi connectivity index (χ0v) is 17.0. The summed E-state index contributed by atoms with van der Waals surface area (Å²) >= 11 is 0. The van der Waals surface area contributed by atoms with Crippen molar-refractivity contribution in [2.24, 2.45) is 0 Å². The van der Waals surface area contributed by atoms with Crippen LogP contribution in [-0.2, 0) is 14.0 Å². The number of anilines is 1. The van der Waals surface area contributed by atoms with Gasteiger partial charge in [0.1, 0.15) is 11.4 Å². The van der Waals surface area contributed by atoms with E-state index in [0.717, 1.165) is 16.2 Å². The quantitative estimate of drug-likeness (QED) is 0.813. The maximum atomic E-state index is 12.2. The maximum Gasteiger partial charge on any atom is 0.495 e. The number of hydrogen-bond acceptors (Lipinski definition) is 5. The number of benzene rings is 1. The number of pyridine rings is 1. The Morgan fingerprint density at radius 1 is 1.07 bits per heavy atom. The van der Waals surface area contributed by atoms with E-state index in [1.807, 2.05) is 72.7 Å². The summed E-state index contributed by atoms with van der Waals surface area (Å²) < 4.78 is 17.7. The molecule has 2 heterocycles. The Hall–Kier alpha value is -2.12. The van der Waals surface area contributed by atoms with E-state index in [4.69, 9.17) is 14.0 Å². The predicted octanol–water partition coefficient (Wildman–Crippen LogP) is 3.88. The van der Waals surface area contributed by atoms with Gasteiger partial charge in [0.2, 0.25) is 0 Å². The smallest absolute Gasteiger partial charge is 0.444 e. The van der Waals surface area contributed by atoms with Crippen molar-refractivity contribution in [1.29, 1.82) is 0 Å². The molecule has 1 aliphatic rings. The summed E-state index contributed by atoms with van der Waals surface area (Å²) in [6.45, 7) is 13.5. The average Bonchev–Trinajstić information content (AvgIpc) is 2.73. The molecule has 0 atom stereocenters. The van der Waals surface area contributed by atoms with E-state index >= 15 is 0 Å². The molecule has 0 aliphatic carbocycles. The van der Waals surface area contributed by atoms with Gasteiger partial charge in [0.15, 0.2) is 0 Å². The van der Waals surface area contributed by atoms with E-state index in [2.05, 4.69) is 10.3 Å². The lowest BCUT2D eigenvalue weighted by Crippen LogP contribution is -2.41. The first-order valence-electron chi connectivity index (χ1n) is 9.13. The van der Waals surface area contributed by atoms with E-state index in [0.29, 0.717) is 5.82 Å². The third-order valence-corrected chi connectivity index (χ3v) is 4.97. The van der Waals surface area contributed by atoms with Crippen LogP contribution in [0.4, 0.5) is 10.6 Å².